The summed E-state index contributed by atoms with van der Waals surface area (Å²) < 4.78 is 0. The van der Waals surface area contributed by atoms with E-state index in [4.69, 9.17) is 0 Å². The average Bonchev–Trinajstić information content (AvgIpc) is 3.28. The van der Waals surface area contributed by atoms with Gasteiger partial charge in [-0.25, -0.2) is 0 Å². The summed E-state index contributed by atoms with van der Waals surface area (Å²) in [6.45, 7) is 4.25. The van der Waals surface area contributed by atoms with Crippen LogP contribution in [0.3, 0.4) is 0 Å². The van der Waals surface area contributed by atoms with Gasteiger partial charge in [0.25, 0.3) is 0 Å². The van der Waals surface area contributed by atoms with E-state index in [1.807, 2.05) is 18.4 Å². The van der Waals surface area contributed by atoms with Crippen LogP contribution in [-0.4, -0.2) is 52.3 Å². The van der Waals surface area contributed by atoms with E-state index in [0.717, 1.165) is 57.8 Å². The number of thiophene rings is 1. The van der Waals surface area contributed by atoms with Gasteiger partial charge in [0, 0.05) is 52.0 Å². The van der Waals surface area contributed by atoms with E-state index < -0.39 is 0 Å². The fraction of sp³-hybridized carbons (Fsp3) is 0.500. The van der Waals surface area contributed by atoms with E-state index in [2.05, 4.69) is 80.3 Å². The molecule has 0 amide bonds. The summed E-state index contributed by atoms with van der Waals surface area (Å²) >= 11 is 1.83. The molecule has 2 aromatic rings. The second kappa shape index (κ2) is 13.0. The third-order valence-electron chi connectivity index (χ3n) is 5.29. The Morgan fingerprint density at radius 3 is 2.55 bits per heavy atom. The van der Waals surface area contributed by atoms with Gasteiger partial charge in [-0.15, -0.1) is 35.3 Å². The number of hydrogen-bond donors (Lipinski definition) is 2. The summed E-state index contributed by atoms with van der Waals surface area (Å²) in [5.74, 6) is 0.936. The summed E-state index contributed by atoms with van der Waals surface area (Å²) in [5, 5.41) is 10.6. The van der Waals surface area contributed by atoms with Gasteiger partial charge in [0.15, 0.2) is 5.96 Å². The van der Waals surface area contributed by atoms with E-state index in [1.54, 1.807) is 0 Å². The Morgan fingerprint density at radius 2 is 1.90 bits per heavy atom. The summed E-state index contributed by atoms with van der Waals surface area (Å²) in [4.78, 5) is 9.21. The Hall–Kier alpha value is -1.48. The van der Waals surface area contributed by atoms with Crippen molar-refractivity contribution < 1.29 is 0 Å². The lowest BCUT2D eigenvalue weighted by atomic mass is 10.1. The summed E-state index contributed by atoms with van der Waals surface area (Å²) in [5.41, 5.74) is 1.28. The average molecular weight is 528 g/mol. The molecule has 1 aliphatic rings. The molecule has 1 saturated heterocycles. The topological polar surface area (TPSA) is 42.9 Å². The lowest BCUT2D eigenvalue weighted by Crippen LogP contribution is -2.48. The molecule has 0 radical (unpaired) electrons. The third-order valence-corrected chi connectivity index (χ3v) is 6.22. The number of benzene rings is 1. The molecule has 0 atom stereocenters. The standard InChI is InChI=1S/C22H33N5S.HI/c1-23-22(24-14-6-7-15-26(2)20-9-4-3-5-10-20)25-19-12-16-27(17-13-19)21-11-8-18-28-21;/h3-5,8-11,18-19H,6-7,12-17H2,1-2H3,(H2,23,24,25);1H. The smallest absolute Gasteiger partial charge is 0.191 e. The number of piperidine rings is 1. The summed E-state index contributed by atoms with van der Waals surface area (Å²) in [6, 6.07) is 15.4. The quantitative estimate of drug-likeness (QED) is 0.231. The number of hydrogen-bond acceptors (Lipinski definition) is 4. The van der Waals surface area contributed by atoms with Crippen LogP contribution in [0.25, 0.3) is 0 Å². The van der Waals surface area contributed by atoms with Crippen molar-refractivity contribution in [3.63, 3.8) is 0 Å². The first-order valence-electron chi connectivity index (χ1n) is 10.3. The first kappa shape index (κ1) is 23.8. The van der Waals surface area contributed by atoms with Crippen molar-refractivity contribution >= 4 is 52.0 Å². The van der Waals surface area contributed by atoms with E-state index >= 15 is 0 Å². The van der Waals surface area contributed by atoms with Crippen molar-refractivity contribution in [3.05, 3.63) is 47.8 Å². The molecule has 2 N–H and O–H groups in total. The molecular formula is C22H34IN5S. The molecule has 0 unspecified atom stereocenters. The number of guanidine groups is 1. The van der Waals surface area contributed by atoms with Gasteiger partial charge in [-0.1, -0.05) is 18.2 Å². The van der Waals surface area contributed by atoms with Crippen molar-refractivity contribution in [1.29, 1.82) is 0 Å². The molecule has 0 aliphatic carbocycles. The molecule has 2 heterocycles. The summed E-state index contributed by atoms with van der Waals surface area (Å²) in [7, 11) is 4.02. The van der Waals surface area contributed by atoms with E-state index in [0.29, 0.717) is 6.04 Å². The van der Waals surface area contributed by atoms with Gasteiger partial charge in [-0.2, -0.15) is 0 Å². The monoisotopic (exact) mass is 527 g/mol. The van der Waals surface area contributed by atoms with Gasteiger partial charge in [-0.3, -0.25) is 4.99 Å². The number of halogens is 1. The molecule has 1 aromatic heterocycles. The normalized spacial score (nSPS) is 15.0. The van der Waals surface area contributed by atoms with Crippen LogP contribution in [0.4, 0.5) is 10.7 Å². The van der Waals surface area contributed by atoms with Gasteiger partial charge in [-0.05, 0) is 55.3 Å². The van der Waals surface area contributed by atoms with E-state index in [1.165, 1.54) is 10.7 Å². The lowest BCUT2D eigenvalue weighted by Gasteiger charge is -2.33. The van der Waals surface area contributed by atoms with Crippen LogP contribution < -0.4 is 20.4 Å². The number of para-hydroxylation sites is 1. The Bertz CT molecular complexity index is 699. The Labute approximate surface area is 196 Å². The predicted octanol–water partition coefficient (Wildman–Crippen LogP) is 4.42. The Balaban J connectivity index is 0.00000300. The molecule has 29 heavy (non-hydrogen) atoms. The van der Waals surface area contributed by atoms with Crippen LogP contribution in [-0.2, 0) is 0 Å². The second-order valence-electron chi connectivity index (χ2n) is 7.32. The maximum absolute atomic E-state index is 4.40. The second-order valence-corrected chi connectivity index (χ2v) is 8.25. The van der Waals surface area contributed by atoms with Crippen LogP contribution in [0.5, 0.6) is 0 Å². The van der Waals surface area contributed by atoms with Crippen LogP contribution in [0.15, 0.2) is 52.8 Å². The van der Waals surface area contributed by atoms with Gasteiger partial charge in [0.05, 0.1) is 5.00 Å². The third kappa shape index (κ3) is 7.70. The number of nitrogens with zero attached hydrogens (tertiary/aromatic N) is 3. The minimum Gasteiger partial charge on any atom is -0.375 e. The fourth-order valence-corrected chi connectivity index (χ4v) is 4.36. The van der Waals surface area contributed by atoms with Crippen LogP contribution in [0.2, 0.25) is 0 Å². The molecule has 5 nitrogen and oxygen atoms in total. The van der Waals surface area contributed by atoms with Crippen molar-refractivity contribution in [2.24, 2.45) is 4.99 Å². The molecule has 160 valence electrons. The molecule has 1 aliphatic heterocycles. The highest BCUT2D eigenvalue weighted by atomic mass is 127. The maximum Gasteiger partial charge on any atom is 0.191 e. The molecule has 7 heteroatoms. The number of nitrogens with one attached hydrogen (secondary N) is 2. The highest BCUT2D eigenvalue weighted by Gasteiger charge is 2.20. The number of rotatable bonds is 8. The summed E-state index contributed by atoms with van der Waals surface area (Å²) in [6.07, 6.45) is 4.60. The fourth-order valence-electron chi connectivity index (χ4n) is 3.57. The highest BCUT2D eigenvalue weighted by Crippen LogP contribution is 2.24. The maximum atomic E-state index is 4.40. The van der Waals surface area contributed by atoms with Crippen molar-refractivity contribution in [2.45, 2.75) is 31.7 Å². The number of unbranched alkanes of at least 4 members (excludes halogenated alkanes) is 1. The minimum absolute atomic E-state index is 0. The van der Waals surface area contributed by atoms with Crippen molar-refractivity contribution in [3.8, 4) is 0 Å². The van der Waals surface area contributed by atoms with Gasteiger partial charge in [0.1, 0.15) is 0 Å². The highest BCUT2D eigenvalue weighted by molar-refractivity contribution is 14.0. The van der Waals surface area contributed by atoms with Gasteiger partial charge >= 0.3 is 0 Å². The largest absolute Gasteiger partial charge is 0.375 e. The zero-order valence-corrected chi connectivity index (χ0v) is 20.7. The number of anilines is 2. The van der Waals surface area contributed by atoms with Crippen molar-refractivity contribution in [2.75, 3.05) is 50.1 Å². The SMILES string of the molecule is CN=C(NCCCCN(C)c1ccccc1)NC1CCN(c2cccs2)CC1.I. The van der Waals surface area contributed by atoms with Crippen LogP contribution >= 0.6 is 35.3 Å². The van der Waals surface area contributed by atoms with Gasteiger partial charge < -0.3 is 20.4 Å². The molecule has 0 saturated carbocycles. The molecular weight excluding hydrogens is 493 g/mol. The molecule has 3 rings (SSSR count). The van der Waals surface area contributed by atoms with Crippen LogP contribution in [0.1, 0.15) is 25.7 Å². The van der Waals surface area contributed by atoms with Gasteiger partial charge in [0.2, 0.25) is 0 Å². The van der Waals surface area contributed by atoms with Crippen LogP contribution in [0, 0.1) is 0 Å². The molecule has 0 bridgehead atoms. The Morgan fingerprint density at radius 1 is 1.14 bits per heavy atom. The zero-order chi connectivity index (χ0) is 19.6. The predicted molar refractivity (Wildman–Crippen MR) is 138 cm³/mol. The molecule has 1 aromatic carbocycles. The molecule has 0 spiro atoms. The number of aliphatic imine (C=N–C) groups is 1. The minimum atomic E-state index is 0. The van der Waals surface area contributed by atoms with Crippen molar-refractivity contribution in [1.82, 2.24) is 10.6 Å². The van der Waals surface area contributed by atoms with E-state index in [9.17, 15) is 0 Å². The Kier molecular flexibility index (Phi) is 10.6. The first-order valence-corrected chi connectivity index (χ1v) is 11.2. The van der Waals surface area contributed by atoms with E-state index in [-0.39, 0.29) is 24.0 Å². The first-order chi connectivity index (χ1) is 13.8. The lowest BCUT2D eigenvalue weighted by molar-refractivity contribution is 0.462. The zero-order valence-electron chi connectivity index (χ0n) is 17.5. The molecule has 1 fully saturated rings.